The number of ketones is 1. The SMILES string of the molecule is COc1cc(C2C3=C(CC(C)(C)CC3=O)Oc3c2c(=O)oc2ccccc32)cc(OC)c1O. The fraction of sp³-hybridized carbons (Fsp3) is 0.308. The maximum Gasteiger partial charge on any atom is 0.344 e. The van der Waals surface area contributed by atoms with Crippen LogP contribution >= 0.6 is 0 Å². The van der Waals surface area contributed by atoms with Crippen molar-refractivity contribution in [3.05, 3.63) is 69.3 Å². The second-order valence-corrected chi connectivity index (χ2v) is 9.22. The summed E-state index contributed by atoms with van der Waals surface area (Å²) < 4.78 is 22.6. The lowest BCUT2D eigenvalue weighted by atomic mass is 9.70. The van der Waals surface area contributed by atoms with Crippen LogP contribution in [0.4, 0.5) is 0 Å². The van der Waals surface area contributed by atoms with Crippen molar-refractivity contribution < 1.29 is 28.5 Å². The molecule has 1 aromatic heterocycles. The Labute approximate surface area is 190 Å². The van der Waals surface area contributed by atoms with E-state index in [0.717, 1.165) is 0 Å². The van der Waals surface area contributed by atoms with Crippen LogP contribution in [0.25, 0.3) is 11.0 Å². The summed E-state index contributed by atoms with van der Waals surface area (Å²) in [5.74, 6) is 0.290. The van der Waals surface area contributed by atoms with Crippen molar-refractivity contribution in [2.24, 2.45) is 5.41 Å². The molecular weight excluding hydrogens is 424 g/mol. The molecule has 1 aliphatic carbocycles. The van der Waals surface area contributed by atoms with Crippen LogP contribution in [0, 0.1) is 5.41 Å². The van der Waals surface area contributed by atoms with Crippen molar-refractivity contribution in [2.75, 3.05) is 14.2 Å². The van der Waals surface area contributed by atoms with E-state index < -0.39 is 11.5 Å². The van der Waals surface area contributed by atoms with Crippen LogP contribution in [0.15, 0.2) is 56.9 Å². The third kappa shape index (κ3) is 3.26. The smallest absolute Gasteiger partial charge is 0.344 e. The number of hydrogen-bond donors (Lipinski definition) is 1. The average Bonchev–Trinajstić information content (AvgIpc) is 2.77. The fourth-order valence-electron chi connectivity index (χ4n) is 4.87. The zero-order valence-electron chi connectivity index (χ0n) is 18.9. The standard InChI is InChI=1S/C26H24O7/c1-26(2)11-15(27)21-19(12-26)32-24-14-7-5-6-8-16(14)33-25(29)22(24)20(21)13-9-17(30-3)23(28)18(10-13)31-4/h5-10,20,28H,11-12H2,1-4H3. The number of rotatable bonds is 3. The Balaban J connectivity index is 1.86. The predicted octanol–water partition coefficient (Wildman–Crippen LogP) is 4.68. The molecule has 7 nitrogen and oxygen atoms in total. The van der Waals surface area contributed by atoms with Crippen LogP contribution < -0.4 is 19.8 Å². The van der Waals surface area contributed by atoms with E-state index in [-0.39, 0.29) is 34.0 Å². The summed E-state index contributed by atoms with van der Waals surface area (Å²) in [5.41, 5.74) is 0.788. The zero-order valence-corrected chi connectivity index (χ0v) is 18.9. The number of fused-ring (bicyclic) bond motifs is 3. The van der Waals surface area contributed by atoms with Gasteiger partial charge in [-0.25, -0.2) is 4.79 Å². The van der Waals surface area contributed by atoms with Crippen molar-refractivity contribution in [1.82, 2.24) is 0 Å². The highest BCUT2D eigenvalue weighted by atomic mass is 16.5. The van der Waals surface area contributed by atoms with Crippen molar-refractivity contribution in [1.29, 1.82) is 0 Å². The first-order valence-corrected chi connectivity index (χ1v) is 10.7. The molecule has 0 radical (unpaired) electrons. The first-order chi connectivity index (χ1) is 15.7. The largest absolute Gasteiger partial charge is 0.502 e. The van der Waals surface area contributed by atoms with E-state index in [1.807, 2.05) is 26.0 Å². The number of hydrogen-bond acceptors (Lipinski definition) is 7. The molecule has 1 atom stereocenters. The minimum absolute atomic E-state index is 0.0875. The molecule has 170 valence electrons. The van der Waals surface area contributed by atoms with Crippen LogP contribution in [-0.2, 0) is 4.79 Å². The number of ether oxygens (including phenoxy) is 3. The predicted molar refractivity (Wildman–Crippen MR) is 121 cm³/mol. The number of carbonyl (C=O) groups is 1. The number of benzene rings is 2. The Bertz CT molecular complexity index is 1370. The first kappa shape index (κ1) is 21.1. The third-order valence-corrected chi connectivity index (χ3v) is 6.32. The summed E-state index contributed by atoms with van der Waals surface area (Å²) >= 11 is 0. The molecular formula is C26H24O7. The highest BCUT2D eigenvalue weighted by Gasteiger charge is 2.44. The van der Waals surface area contributed by atoms with E-state index in [2.05, 4.69) is 0 Å². The van der Waals surface area contributed by atoms with Crippen LogP contribution in [0.3, 0.4) is 0 Å². The van der Waals surface area contributed by atoms with Crippen LogP contribution in [0.1, 0.15) is 43.7 Å². The summed E-state index contributed by atoms with van der Waals surface area (Å²) in [4.78, 5) is 26.7. The highest BCUT2D eigenvalue weighted by molar-refractivity contribution is 6.01. The molecule has 0 bridgehead atoms. The molecule has 3 aromatic rings. The van der Waals surface area contributed by atoms with Gasteiger partial charge in [-0.2, -0.15) is 0 Å². The van der Waals surface area contributed by atoms with E-state index in [1.165, 1.54) is 14.2 Å². The number of methoxy groups -OCH3 is 2. The van der Waals surface area contributed by atoms with Gasteiger partial charge in [0.2, 0.25) is 5.75 Å². The Kier molecular flexibility index (Phi) is 4.74. The van der Waals surface area contributed by atoms with Crippen molar-refractivity contribution in [2.45, 2.75) is 32.6 Å². The quantitative estimate of drug-likeness (QED) is 0.581. The molecule has 2 heterocycles. The topological polar surface area (TPSA) is 95.2 Å². The van der Waals surface area contributed by atoms with Crippen molar-refractivity contribution in [3.8, 4) is 23.0 Å². The summed E-state index contributed by atoms with van der Waals surface area (Å²) in [6, 6.07) is 10.4. The molecule has 0 saturated carbocycles. The monoisotopic (exact) mass is 448 g/mol. The van der Waals surface area contributed by atoms with Gasteiger partial charge in [-0.1, -0.05) is 26.0 Å². The summed E-state index contributed by atoms with van der Waals surface area (Å²) in [6.45, 7) is 4.04. The highest BCUT2D eigenvalue weighted by Crippen LogP contribution is 2.52. The lowest BCUT2D eigenvalue weighted by Gasteiger charge is -2.38. The second kappa shape index (κ2) is 7.40. The van der Waals surface area contributed by atoms with E-state index in [4.69, 9.17) is 18.6 Å². The van der Waals surface area contributed by atoms with Gasteiger partial charge < -0.3 is 23.7 Å². The van der Waals surface area contributed by atoms with Gasteiger partial charge in [-0.3, -0.25) is 4.79 Å². The Morgan fingerprint density at radius 2 is 1.70 bits per heavy atom. The van der Waals surface area contributed by atoms with Crippen molar-refractivity contribution >= 4 is 16.8 Å². The molecule has 1 N–H and O–H groups in total. The van der Waals surface area contributed by atoms with Gasteiger partial charge in [0, 0.05) is 18.4 Å². The maximum atomic E-state index is 13.4. The van der Waals surface area contributed by atoms with Gasteiger partial charge in [0.05, 0.1) is 31.1 Å². The molecule has 0 fully saturated rings. The van der Waals surface area contributed by atoms with Crippen LogP contribution in [-0.4, -0.2) is 25.1 Å². The van der Waals surface area contributed by atoms with Gasteiger partial charge in [0.15, 0.2) is 17.3 Å². The number of Topliss-reactive ketones (excluding diaryl/α,β-unsaturated/α-hetero) is 1. The molecule has 33 heavy (non-hydrogen) atoms. The summed E-state index contributed by atoms with van der Waals surface area (Å²) in [6.07, 6.45) is 0.872. The van der Waals surface area contributed by atoms with E-state index in [0.29, 0.717) is 46.5 Å². The number of allylic oxidation sites excluding steroid dienone is 2. The second-order valence-electron chi connectivity index (χ2n) is 9.22. The van der Waals surface area contributed by atoms with E-state index in [9.17, 15) is 14.7 Å². The molecule has 1 aliphatic heterocycles. The molecule has 1 unspecified atom stereocenters. The Morgan fingerprint density at radius 3 is 2.36 bits per heavy atom. The number of carbonyl (C=O) groups excluding carboxylic acids is 1. The molecule has 0 amide bonds. The van der Waals surface area contributed by atoms with Crippen LogP contribution in [0.2, 0.25) is 0 Å². The van der Waals surface area contributed by atoms with Gasteiger partial charge in [-0.05, 0) is 35.2 Å². The van der Waals surface area contributed by atoms with Crippen molar-refractivity contribution in [3.63, 3.8) is 0 Å². The maximum absolute atomic E-state index is 13.4. The Morgan fingerprint density at radius 1 is 1.03 bits per heavy atom. The zero-order chi connectivity index (χ0) is 23.5. The first-order valence-electron chi connectivity index (χ1n) is 10.7. The van der Waals surface area contributed by atoms with Gasteiger partial charge in [-0.15, -0.1) is 0 Å². The number of aromatic hydroxyl groups is 1. The van der Waals surface area contributed by atoms with Crippen LogP contribution in [0.5, 0.6) is 23.0 Å². The lowest BCUT2D eigenvalue weighted by molar-refractivity contribution is -0.118. The fourth-order valence-corrected chi connectivity index (χ4v) is 4.87. The van der Waals surface area contributed by atoms with E-state index >= 15 is 0 Å². The Hall–Kier alpha value is -3.74. The number of phenolic OH excluding ortho intramolecular Hbond substituents is 1. The molecule has 2 aliphatic rings. The number of phenols is 1. The third-order valence-electron chi connectivity index (χ3n) is 6.32. The molecule has 7 heteroatoms. The molecule has 0 spiro atoms. The minimum atomic E-state index is -0.753. The molecule has 5 rings (SSSR count). The molecule has 0 saturated heterocycles. The summed E-state index contributed by atoms with van der Waals surface area (Å²) in [7, 11) is 2.86. The summed E-state index contributed by atoms with van der Waals surface area (Å²) in [5, 5.41) is 11.1. The molecule has 2 aromatic carbocycles. The van der Waals surface area contributed by atoms with Gasteiger partial charge >= 0.3 is 5.63 Å². The van der Waals surface area contributed by atoms with E-state index in [1.54, 1.807) is 24.3 Å². The van der Waals surface area contributed by atoms with Gasteiger partial charge in [0.1, 0.15) is 17.1 Å². The average molecular weight is 448 g/mol. The number of para-hydroxylation sites is 1. The lowest BCUT2D eigenvalue weighted by Crippen LogP contribution is -2.34. The normalized spacial score (nSPS) is 19.0. The van der Waals surface area contributed by atoms with Gasteiger partial charge in [0.25, 0.3) is 0 Å². The minimum Gasteiger partial charge on any atom is -0.502 e.